The molecule has 7 nitrogen and oxygen atoms in total. The molecule has 0 saturated heterocycles. The second-order valence-corrected chi connectivity index (χ2v) is 7.35. The molecule has 0 unspecified atom stereocenters. The van der Waals surface area contributed by atoms with Gasteiger partial charge >= 0.3 is 5.97 Å². The van der Waals surface area contributed by atoms with E-state index in [1.165, 1.54) is 19.3 Å². The van der Waals surface area contributed by atoms with E-state index in [-0.39, 0.29) is 12.1 Å². The lowest BCUT2D eigenvalue weighted by molar-refractivity contribution is -0.150. The van der Waals surface area contributed by atoms with Crippen LogP contribution in [0.15, 0.2) is 34.5 Å². The number of hydrogen-bond acceptors (Lipinski definition) is 5. The fraction of sp³-hybridized carbons (Fsp3) is 0.409. The summed E-state index contributed by atoms with van der Waals surface area (Å²) in [6.07, 6.45) is 1.98. The van der Waals surface area contributed by atoms with Gasteiger partial charge in [-0.05, 0) is 56.5 Å². The van der Waals surface area contributed by atoms with Crippen LogP contribution < -0.4 is 5.32 Å². The van der Waals surface area contributed by atoms with Gasteiger partial charge in [0.2, 0.25) is 0 Å². The molecule has 154 valence electrons. The van der Waals surface area contributed by atoms with Crippen LogP contribution in [0.5, 0.6) is 0 Å². The predicted octanol–water partition coefficient (Wildman–Crippen LogP) is 3.51. The number of carbonyl (C=O) groups excluding carboxylic acids is 2. The summed E-state index contributed by atoms with van der Waals surface area (Å²) in [4.78, 5) is 24.5. The Morgan fingerprint density at radius 2 is 2.07 bits per heavy atom. The number of nitrogens with zero attached hydrogens (tertiary/aromatic N) is 2. The Bertz CT molecular complexity index is 930. The zero-order valence-electron chi connectivity index (χ0n) is 17.5. The molecular formula is C22H27N3O4. The zero-order chi connectivity index (χ0) is 21.6. The monoisotopic (exact) mass is 397 g/mol. The van der Waals surface area contributed by atoms with Crippen molar-refractivity contribution >= 4 is 18.0 Å². The Kier molecular flexibility index (Phi) is 7.43. The van der Waals surface area contributed by atoms with E-state index in [0.29, 0.717) is 11.7 Å². The molecule has 0 aliphatic heterocycles. The fourth-order valence-electron chi connectivity index (χ4n) is 2.92. The number of hydrogen-bond donors (Lipinski definition) is 1. The predicted molar refractivity (Wildman–Crippen MR) is 108 cm³/mol. The van der Waals surface area contributed by atoms with Gasteiger partial charge in [0.05, 0.1) is 12.8 Å². The minimum atomic E-state index is -1.04. The highest BCUT2D eigenvalue weighted by atomic mass is 16.5. The van der Waals surface area contributed by atoms with Crippen molar-refractivity contribution in [3.63, 3.8) is 0 Å². The molecule has 2 aromatic heterocycles. The summed E-state index contributed by atoms with van der Waals surface area (Å²) in [5, 5.41) is 12.0. The lowest BCUT2D eigenvalue weighted by Crippen LogP contribution is -2.35. The molecule has 7 heteroatoms. The smallest absolute Gasteiger partial charge is 0.349 e. The SMILES string of the molecule is Cc1cc(/C=C(\C#N)C(=O)O[C@H](C)C(=O)NCc2ccco2)c(C)n1CC(C)C. The molecule has 0 aliphatic carbocycles. The van der Waals surface area contributed by atoms with Gasteiger partial charge in [-0.25, -0.2) is 4.79 Å². The first-order valence-corrected chi connectivity index (χ1v) is 9.52. The van der Waals surface area contributed by atoms with Crippen molar-refractivity contribution < 1.29 is 18.7 Å². The summed E-state index contributed by atoms with van der Waals surface area (Å²) < 4.78 is 12.5. The molecule has 2 heterocycles. The van der Waals surface area contributed by atoms with Gasteiger partial charge in [-0.2, -0.15) is 5.26 Å². The average Bonchev–Trinajstić information content (AvgIpc) is 3.27. The summed E-state index contributed by atoms with van der Waals surface area (Å²) in [6.45, 7) is 10.7. The number of aryl methyl sites for hydroxylation is 1. The topological polar surface area (TPSA) is 97.3 Å². The number of rotatable bonds is 8. The number of nitrogens with one attached hydrogen (secondary N) is 1. The Hall–Kier alpha value is -3.27. The first-order valence-electron chi connectivity index (χ1n) is 9.52. The third kappa shape index (κ3) is 5.85. The molecule has 1 amide bonds. The van der Waals surface area contributed by atoms with Gasteiger partial charge in [0.1, 0.15) is 17.4 Å². The Labute approximate surface area is 171 Å². The lowest BCUT2D eigenvalue weighted by atomic mass is 10.1. The number of esters is 1. The number of ether oxygens (including phenoxy) is 1. The van der Waals surface area contributed by atoms with E-state index in [2.05, 4.69) is 23.7 Å². The molecule has 0 radical (unpaired) electrons. The molecule has 1 N–H and O–H groups in total. The van der Waals surface area contributed by atoms with Gasteiger partial charge < -0.3 is 19.0 Å². The molecule has 0 aromatic carbocycles. The molecule has 29 heavy (non-hydrogen) atoms. The molecular weight excluding hydrogens is 370 g/mol. The van der Waals surface area contributed by atoms with Gasteiger partial charge in [0, 0.05) is 17.9 Å². The highest BCUT2D eigenvalue weighted by Crippen LogP contribution is 2.20. The molecule has 0 aliphatic rings. The van der Waals surface area contributed by atoms with Crippen LogP contribution in [-0.4, -0.2) is 22.5 Å². The minimum Gasteiger partial charge on any atom is -0.467 e. The maximum atomic E-state index is 12.4. The third-order valence-corrected chi connectivity index (χ3v) is 4.47. The largest absolute Gasteiger partial charge is 0.467 e. The van der Waals surface area contributed by atoms with Crippen LogP contribution in [0.25, 0.3) is 6.08 Å². The third-order valence-electron chi connectivity index (χ3n) is 4.47. The summed E-state index contributed by atoms with van der Waals surface area (Å²) in [6, 6.07) is 7.25. The van der Waals surface area contributed by atoms with Crippen molar-refractivity contribution in [2.24, 2.45) is 5.92 Å². The molecule has 0 spiro atoms. The van der Waals surface area contributed by atoms with Crippen LogP contribution in [0.1, 0.15) is 43.5 Å². The quantitative estimate of drug-likeness (QED) is 0.418. The summed E-state index contributed by atoms with van der Waals surface area (Å²) >= 11 is 0. The molecule has 0 fully saturated rings. The van der Waals surface area contributed by atoms with Crippen LogP contribution in [0.4, 0.5) is 0 Å². The lowest BCUT2D eigenvalue weighted by Gasteiger charge is -2.13. The van der Waals surface area contributed by atoms with Crippen LogP contribution in [0.2, 0.25) is 0 Å². The minimum absolute atomic E-state index is 0.152. The fourth-order valence-corrected chi connectivity index (χ4v) is 2.92. The Morgan fingerprint density at radius 3 is 2.66 bits per heavy atom. The van der Waals surface area contributed by atoms with Crippen LogP contribution in [0.3, 0.4) is 0 Å². The molecule has 0 bridgehead atoms. The van der Waals surface area contributed by atoms with Gasteiger partial charge in [-0.15, -0.1) is 0 Å². The van der Waals surface area contributed by atoms with Crippen LogP contribution in [0, 0.1) is 31.1 Å². The normalized spacial score (nSPS) is 12.5. The number of aromatic nitrogens is 1. The van der Waals surface area contributed by atoms with Crippen molar-refractivity contribution in [1.82, 2.24) is 9.88 Å². The van der Waals surface area contributed by atoms with Crippen LogP contribution >= 0.6 is 0 Å². The molecule has 2 aromatic rings. The van der Waals surface area contributed by atoms with E-state index >= 15 is 0 Å². The van der Waals surface area contributed by atoms with Crippen molar-refractivity contribution in [1.29, 1.82) is 5.26 Å². The second kappa shape index (κ2) is 9.78. The van der Waals surface area contributed by atoms with Crippen molar-refractivity contribution in [2.75, 3.05) is 0 Å². The second-order valence-electron chi connectivity index (χ2n) is 7.35. The number of amides is 1. The zero-order valence-corrected chi connectivity index (χ0v) is 17.5. The van der Waals surface area contributed by atoms with Crippen molar-refractivity contribution in [3.8, 4) is 6.07 Å². The summed E-state index contributed by atoms with van der Waals surface area (Å²) in [7, 11) is 0. The highest BCUT2D eigenvalue weighted by Gasteiger charge is 2.21. The Morgan fingerprint density at radius 1 is 1.34 bits per heavy atom. The van der Waals surface area contributed by atoms with Gasteiger partial charge in [-0.1, -0.05) is 13.8 Å². The molecule has 2 rings (SSSR count). The Balaban J connectivity index is 2.06. The van der Waals surface area contributed by atoms with E-state index in [1.807, 2.05) is 26.0 Å². The van der Waals surface area contributed by atoms with Crippen molar-refractivity contribution in [2.45, 2.75) is 53.8 Å². The number of carbonyl (C=O) groups is 2. The maximum Gasteiger partial charge on any atom is 0.349 e. The van der Waals surface area contributed by atoms with Gasteiger partial charge in [0.15, 0.2) is 6.10 Å². The van der Waals surface area contributed by atoms with E-state index in [1.54, 1.807) is 12.1 Å². The molecule has 1 atom stereocenters. The first-order chi connectivity index (χ1) is 13.7. The van der Waals surface area contributed by atoms with Gasteiger partial charge in [-0.3, -0.25) is 4.79 Å². The van der Waals surface area contributed by atoms with Crippen molar-refractivity contribution in [3.05, 3.63) is 52.7 Å². The van der Waals surface area contributed by atoms with E-state index in [4.69, 9.17) is 9.15 Å². The summed E-state index contributed by atoms with van der Waals surface area (Å²) in [5.41, 5.74) is 2.66. The maximum absolute atomic E-state index is 12.4. The van der Waals surface area contributed by atoms with E-state index in [9.17, 15) is 14.9 Å². The van der Waals surface area contributed by atoms with E-state index in [0.717, 1.165) is 23.5 Å². The van der Waals surface area contributed by atoms with Crippen LogP contribution in [-0.2, 0) is 27.4 Å². The highest BCUT2D eigenvalue weighted by molar-refractivity contribution is 5.99. The first kappa shape index (κ1) is 22.0. The summed E-state index contributed by atoms with van der Waals surface area (Å²) in [5.74, 6) is -0.243. The number of nitriles is 1. The number of furan rings is 1. The van der Waals surface area contributed by atoms with Gasteiger partial charge in [0.25, 0.3) is 5.91 Å². The van der Waals surface area contributed by atoms with E-state index < -0.39 is 18.0 Å². The average molecular weight is 397 g/mol. The molecule has 0 saturated carbocycles. The standard InChI is InChI=1S/C22H27N3O4/c1-14(2)13-25-15(3)9-18(16(25)4)10-19(11-23)22(27)29-17(5)21(26)24-12-20-7-6-8-28-20/h6-10,14,17H,12-13H2,1-5H3,(H,24,26)/b19-10+/t17-/m1/s1.